The Morgan fingerprint density at radius 2 is 1.56 bits per heavy atom. The number of esters is 3. The Kier molecular flexibility index (Phi) is 8.12. The first-order valence-corrected chi connectivity index (χ1v) is 14.4. The molecule has 10 atom stereocenters. The van der Waals surface area contributed by atoms with Gasteiger partial charge in [-0.1, -0.05) is 20.8 Å². The van der Waals surface area contributed by atoms with E-state index in [1.54, 1.807) is 6.92 Å². The van der Waals surface area contributed by atoms with Crippen LogP contribution in [0.25, 0.3) is 0 Å². The van der Waals surface area contributed by atoms with Crippen LogP contribution in [0.1, 0.15) is 105 Å². The number of fused-ring (bicyclic) bond motifs is 5. The first kappa shape index (κ1) is 27.4. The van der Waals surface area contributed by atoms with E-state index in [2.05, 4.69) is 20.8 Å². The van der Waals surface area contributed by atoms with E-state index in [1.165, 1.54) is 39.7 Å². The van der Waals surface area contributed by atoms with Crippen molar-refractivity contribution in [1.29, 1.82) is 0 Å². The van der Waals surface area contributed by atoms with Gasteiger partial charge >= 0.3 is 17.9 Å². The van der Waals surface area contributed by atoms with Crippen LogP contribution in [0.3, 0.4) is 0 Å². The quantitative estimate of drug-likeness (QED) is 0.308. The van der Waals surface area contributed by atoms with Crippen LogP contribution < -0.4 is 0 Å². The van der Waals surface area contributed by atoms with Crippen molar-refractivity contribution < 1.29 is 28.6 Å². The highest BCUT2D eigenvalue weighted by atomic mass is 16.5. The van der Waals surface area contributed by atoms with Crippen LogP contribution in [0, 0.1) is 46.3 Å². The predicted octanol–water partition coefficient (Wildman–Crippen LogP) is 6.10. The van der Waals surface area contributed by atoms with Gasteiger partial charge in [-0.2, -0.15) is 0 Å². The second kappa shape index (κ2) is 10.6. The molecular weight excluding hydrogens is 456 g/mol. The summed E-state index contributed by atoms with van der Waals surface area (Å²) in [5, 5.41) is 0. The Morgan fingerprint density at radius 1 is 0.889 bits per heavy atom. The number of carbonyl (C=O) groups excluding carboxylic acids is 3. The molecule has 4 fully saturated rings. The van der Waals surface area contributed by atoms with Gasteiger partial charge in [0, 0.05) is 26.2 Å². The van der Waals surface area contributed by atoms with Gasteiger partial charge in [0.15, 0.2) is 0 Å². The average molecular weight is 505 g/mol. The summed E-state index contributed by atoms with van der Waals surface area (Å²) in [7, 11) is 1.46. The molecule has 0 aromatic heterocycles. The number of carbonyl (C=O) groups is 3. The molecule has 0 heterocycles. The minimum atomic E-state index is -0.194. The molecule has 4 aliphatic rings. The third-order valence-electron chi connectivity index (χ3n) is 11.3. The topological polar surface area (TPSA) is 78.9 Å². The summed E-state index contributed by atoms with van der Waals surface area (Å²) < 4.78 is 16.6. The normalized spacial score (nSPS) is 42.3. The molecule has 0 amide bonds. The fraction of sp³-hybridized carbons (Fsp3) is 0.900. The van der Waals surface area contributed by atoms with E-state index in [1.807, 2.05) is 0 Å². The molecule has 0 radical (unpaired) electrons. The number of ether oxygens (including phenoxy) is 3. The number of rotatable bonds is 7. The lowest BCUT2D eigenvalue weighted by Crippen LogP contribution is -2.59. The average Bonchev–Trinajstić information content (AvgIpc) is 3.16. The molecule has 4 saturated carbocycles. The fourth-order valence-electron chi connectivity index (χ4n) is 9.68. The van der Waals surface area contributed by atoms with Gasteiger partial charge in [0.05, 0.1) is 7.11 Å². The van der Waals surface area contributed by atoms with E-state index in [9.17, 15) is 14.4 Å². The predicted molar refractivity (Wildman–Crippen MR) is 137 cm³/mol. The van der Waals surface area contributed by atoms with Crippen molar-refractivity contribution in [3.05, 3.63) is 0 Å². The molecule has 4 rings (SSSR count). The molecule has 0 aromatic rings. The summed E-state index contributed by atoms with van der Waals surface area (Å²) in [6, 6.07) is 0. The highest BCUT2D eigenvalue weighted by Crippen LogP contribution is 2.68. The molecular formula is C30H48O6. The third kappa shape index (κ3) is 5.07. The zero-order chi connectivity index (χ0) is 26.3. The van der Waals surface area contributed by atoms with Crippen molar-refractivity contribution in [3.63, 3.8) is 0 Å². The van der Waals surface area contributed by atoms with Crippen molar-refractivity contribution in [3.8, 4) is 0 Å². The first-order chi connectivity index (χ1) is 17.0. The van der Waals surface area contributed by atoms with Gasteiger partial charge in [0.2, 0.25) is 0 Å². The molecule has 36 heavy (non-hydrogen) atoms. The minimum absolute atomic E-state index is 0.00865. The van der Waals surface area contributed by atoms with E-state index in [4.69, 9.17) is 14.2 Å². The van der Waals surface area contributed by atoms with Crippen molar-refractivity contribution in [2.75, 3.05) is 7.11 Å². The lowest BCUT2D eigenvalue weighted by Gasteiger charge is -2.62. The molecule has 0 spiro atoms. The summed E-state index contributed by atoms with van der Waals surface area (Å²) in [6.07, 6.45) is 11.0. The first-order valence-electron chi connectivity index (χ1n) is 14.4. The highest BCUT2D eigenvalue weighted by Gasteiger charge is 2.63. The van der Waals surface area contributed by atoms with Gasteiger partial charge in [-0.05, 0) is 105 Å². The number of hydrogen-bond acceptors (Lipinski definition) is 6. The molecule has 6 nitrogen and oxygen atoms in total. The zero-order valence-corrected chi connectivity index (χ0v) is 23.3. The third-order valence-corrected chi connectivity index (χ3v) is 11.3. The van der Waals surface area contributed by atoms with E-state index in [0.29, 0.717) is 41.9 Å². The SMILES string of the molecule is COC(=O)CCC[C@@H](C)C1CCC2C3C(OC(C)=O)CC4C[C@H](OC(C)=O)CC[C@]4(C)C3CC[C@@]21C. The van der Waals surface area contributed by atoms with E-state index < -0.39 is 0 Å². The van der Waals surface area contributed by atoms with Crippen LogP contribution >= 0.6 is 0 Å². The van der Waals surface area contributed by atoms with Crippen molar-refractivity contribution in [2.45, 2.75) is 117 Å². The van der Waals surface area contributed by atoms with Crippen LogP contribution in [0.15, 0.2) is 0 Å². The van der Waals surface area contributed by atoms with Gasteiger partial charge in [0.25, 0.3) is 0 Å². The Balaban J connectivity index is 1.54. The molecule has 0 aliphatic heterocycles. The largest absolute Gasteiger partial charge is 0.469 e. The molecule has 6 heteroatoms. The number of methoxy groups -OCH3 is 1. The van der Waals surface area contributed by atoms with E-state index >= 15 is 0 Å². The van der Waals surface area contributed by atoms with Crippen molar-refractivity contribution >= 4 is 17.9 Å². The van der Waals surface area contributed by atoms with Crippen molar-refractivity contribution in [2.24, 2.45) is 46.3 Å². The summed E-state index contributed by atoms with van der Waals surface area (Å²) in [6.45, 7) is 10.4. The fourth-order valence-corrected chi connectivity index (χ4v) is 9.68. The summed E-state index contributed by atoms with van der Waals surface area (Å²) >= 11 is 0. The summed E-state index contributed by atoms with van der Waals surface area (Å²) in [5.41, 5.74) is 0.464. The second-order valence-corrected chi connectivity index (χ2v) is 13.1. The van der Waals surface area contributed by atoms with E-state index in [0.717, 1.165) is 38.5 Å². The van der Waals surface area contributed by atoms with Gasteiger partial charge in [-0.25, -0.2) is 0 Å². The summed E-state index contributed by atoms with van der Waals surface area (Å²) in [5.74, 6) is 2.67. The molecule has 0 bridgehead atoms. The van der Waals surface area contributed by atoms with Crippen LogP contribution in [0.4, 0.5) is 0 Å². The molecule has 0 saturated heterocycles. The van der Waals surface area contributed by atoms with Crippen molar-refractivity contribution in [1.82, 2.24) is 0 Å². The Bertz CT molecular complexity index is 839. The summed E-state index contributed by atoms with van der Waals surface area (Å²) in [4.78, 5) is 35.5. The maximum absolute atomic E-state index is 12.2. The lowest BCUT2D eigenvalue weighted by molar-refractivity contribution is -0.197. The number of hydrogen-bond donors (Lipinski definition) is 0. The standard InChI is InChI=1S/C30H48O6/c1-18(8-7-9-27(33)34-6)23-10-11-24-28-25(13-15-30(23,24)5)29(4)14-12-22(35-19(2)31)16-21(29)17-26(28)36-20(3)32/h18,21-26,28H,7-17H2,1-6H3/t18-,21?,22-,23?,24?,25?,26?,28?,29+,30-/m1/s1. The van der Waals surface area contributed by atoms with Gasteiger partial charge < -0.3 is 14.2 Å². The van der Waals surface area contributed by atoms with Gasteiger partial charge in [-0.15, -0.1) is 0 Å². The van der Waals surface area contributed by atoms with E-state index in [-0.39, 0.29) is 40.9 Å². The maximum atomic E-state index is 12.2. The monoisotopic (exact) mass is 504 g/mol. The molecule has 6 unspecified atom stereocenters. The van der Waals surface area contributed by atoms with Crippen LogP contribution in [0.2, 0.25) is 0 Å². The highest BCUT2D eigenvalue weighted by molar-refractivity contribution is 5.69. The molecule has 204 valence electrons. The van der Waals surface area contributed by atoms with Crippen LogP contribution in [-0.4, -0.2) is 37.2 Å². The Labute approximate surface area is 217 Å². The maximum Gasteiger partial charge on any atom is 0.305 e. The lowest BCUT2D eigenvalue weighted by atomic mass is 9.43. The Morgan fingerprint density at radius 3 is 2.22 bits per heavy atom. The molecule has 0 aromatic carbocycles. The van der Waals surface area contributed by atoms with Crippen LogP contribution in [-0.2, 0) is 28.6 Å². The zero-order valence-electron chi connectivity index (χ0n) is 23.3. The Hall–Kier alpha value is -1.59. The molecule has 4 aliphatic carbocycles. The smallest absolute Gasteiger partial charge is 0.305 e. The van der Waals surface area contributed by atoms with Gasteiger partial charge in [0.1, 0.15) is 12.2 Å². The molecule has 0 N–H and O–H groups in total. The van der Waals surface area contributed by atoms with Gasteiger partial charge in [-0.3, -0.25) is 14.4 Å². The van der Waals surface area contributed by atoms with Crippen LogP contribution in [0.5, 0.6) is 0 Å². The minimum Gasteiger partial charge on any atom is -0.469 e. The second-order valence-electron chi connectivity index (χ2n) is 13.1.